The summed E-state index contributed by atoms with van der Waals surface area (Å²) in [5.41, 5.74) is 2.56. The number of carbonyl (C=O) groups is 1. The number of amidine groups is 1. The summed E-state index contributed by atoms with van der Waals surface area (Å²) < 4.78 is 29.2. The molecule has 1 saturated heterocycles. The van der Waals surface area contributed by atoms with Crippen molar-refractivity contribution in [1.29, 1.82) is 0 Å². The van der Waals surface area contributed by atoms with Crippen molar-refractivity contribution in [3.63, 3.8) is 0 Å². The van der Waals surface area contributed by atoms with Crippen molar-refractivity contribution >= 4 is 27.5 Å². The van der Waals surface area contributed by atoms with Crippen molar-refractivity contribution in [3.05, 3.63) is 96.1 Å². The second kappa shape index (κ2) is 10.7. The molecule has 7 nitrogen and oxygen atoms in total. The van der Waals surface area contributed by atoms with Crippen LogP contribution in [0.15, 0.2) is 94.2 Å². The van der Waals surface area contributed by atoms with Gasteiger partial charge in [0.25, 0.3) is 10.0 Å². The summed E-state index contributed by atoms with van der Waals surface area (Å²) in [6.45, 7) is 6.85. The van der Waals surface area contributed by atoms with Crippen LogP contribution in [-0.2, 0) is 14.8 Å². The maximum absolute atomic E-state index is 13.3. The van der Waals surface area contributed by atoms with E-state index in [1.54, 1.807) is 24.3 Å². The lowest BCUT2D eigenvalue weighted by Crippen LogP contribution is -2.50. The molecule has 0 saturated carbocycles. The van der Waals surface area contributed by atoms with Crippen LogP contribution in [0.25, 0.3) is 0 Å². The molecule has 0 unspecified atom stereocenters. The number of fused-ring (bicyclic) bond motifs is 1. The third-order valence-electron chi connectivity index (χ3n) is 7.21. The summed E-state index contributed by atoms with van der Waals surface area (Å²) in [4.78, 5) is 17.9. The Morgan fingerprint density at radius 3 is 2.03 bits per heavy atom. The number of para-hydroxylation sites is 1. The first kappa shape index (κ1) is 26.1. The number of piperazine rings is 1. The van der Waals surface area contributed by atoms with Crippen LogP contribution in [0.2, 0.25) is 0 Å². The lowest BCUT2D eigenvalue weighted by atomic mass is 9.84. The highest BCUT2D eigenvalue weighted by molar-refractivity contribution is 7.90. The van der Waals surface area contributed by atoms with Gasteiger partial charge < -0.3 is 10.2 Å². The number of hydrogen-bond acceptors (Lipinski definition) is 5. The number of sulfonamides is 1. The zero-order chi connectivity index (χ0) is 26.8. The molecule has 2 aliphatic rings. The van der Waals surface area contributed by atoms with Gasteiger partial charge in [0.15, 0.2) is 0 Å². The van der Waals surface area contributed by atoms with Crippen LogP contribution in [-0.4, -0.2) is 56.1 Å². The molecule has 38 heavy (non-hydrogen) atoms. The van der Waals surface area contributed by atoms with Crippen LogP contribution < -0.4 is 5.32 Å². The summed E-state index contributed by atoms with van der Waals surface area (Å²) in [7, 11) is -3.75. The van der Waals surface area contributed by atoms with E-state index in [9.17, 15) is 13.2 Å². The number of carbonyl (C=O) groups excluding carboxylic acids is 1. The molecule has 1 fully saturated rings. The fourth-order valence-corrected chi connectivity index (χ4v) is 6.54. The van der Waals surface area contributed by atoms with E-state index in [-0.39, 0.29) is 16.8 Å². The van der Waals surface area contributed by atoms with E-state index in [0.717, 1.165) is 13.1 Å². The number of amides is 1. The van der Waals surface area contributed by atoms with Gasteiger partial charge in [0.05, 0.1) is 11.7 Å². The van der Waals surface area contributed by atoms with Gasteiger partial charge in [-0.1, -0.05) is 86.6 Å². The summed E-state index contributed by atoms with van der Waals surface area (Å²) in [5, 5.41) is 3.15. The normalized spacial score (nSPS) is 17.4. The summed E-state index contributed by atoms with van der Waals surface area (Å²) >= 11 is 0. The molecule has 0 aromatic heterocycles. The third-order valence-corrected chi connectivity index (χ3v) is 8.59. The van der Waals surface area contributed by atoms with Crippen LogP contribution in [0.4, 0.5) is 5.69 Å². The fourth-order valence-electron chi connectivity index (χ4n) is 5.40. The van der Waals surface area contributed by atoms with Gasteiger partial charge in [0.1, 0.15) is 10.7 Å². The Labute approximate surface area is 225 Å². The summed E-state index contributed by atoms with van der Waals surface area (Å²) in [6, 6.07) is 27.9. The number of rotatable bonds is 7. The maximum Gasteiger partial charge on any atom is 0.286 e. The van der Waals surface area contributed by atoms with E-state index in [2.05, 4.69) is 63.1 Å². The average molecular weight is 531 g/mol. The Morgan fingerprint density at radius 2 is 1.42 bits per heavy atom. The third kappa shape index (κ3) is 5.81. The van der Waals surface area contributed by atoms with Crippen LogP contribution in [0.3, 0.4) is 0 Å². The molecule has 0 atom stereocenters. The highest BCUT2D eigenvalue weighted by Crippen LogP contribution is 2.33. The molecule has 3 aromatic carbocycles. The van der Waals surface area contributed by atoms with E-state index in [1.807, 2.05) is 30.9 Å². The SMILES string of the molecule is CC(C)(CC(=O)N1CCN(C(c2ccccc2)c2ccccc2)CC1)CC1=NS(=O)(=O)c2ccccc2N1. The molecule has 0 aliphatic carbocycles. The highest BCUT2D eigenvalue weighted by Gasteiger charge is 2.33. The smallest absolute Gasteiger partial charge is 0.286 e. The Morgan fingerprint density at radius 1 is 0.868 bits per heavy atom. The van der Waals surface area contributed by atoms with Gasteiger partial charge in [-0.05, 0) is 28.7 Å². The van der Waals surface area contributed by atoms with Gasteiger partial charge in [0.2, 0.25) is 5.91 Å². The molecule has 8 heteroatoms. The van der Waals surface area contributed by atoms with Crippen molar-refractivity contribution < 1.29 is 13.2 Å². The Balaban J connectivity index is 1.22. The van der Waals surface area contributed by atoms with E-state index >= 15 is 0 Å². The molecule has 3 aromatic rings. The first-order valence-electron chi connectivity index (χ1n) is 13.0. The van der Waals surface area contributed by atoms with Gasteiger partial charge in [-0.3, -0.25) is 9.69 Å². The van der Waals surface area contributed by atoms with Gasteiger partial charge in [-0.2, -0.15) is 8.42 Å². The second-order valence-electron chi connectivity index (χ2n) is 10.8. The Hall–Kier alpha value is -3.49. The predicted octanol–water partition coefficient (Wildman–Crippen LogP) is 4.94. The van der Waals surface area contributed by atoms with Gasteiger partial charge >= 0.3 is 0 Å². The molecule has 2 heterocycles. The quantitative estimate of drug-likeness (QED) is 0.468. The molecule has 1 N–H and O–H groups in total. The number of anilines is 1. The summed E-state index contributed by atoms with van der Waals surface area (Å²) in [5.74, 6) is 0.463. The highest BCUT2D eigenvalue weighted by atomic mass is 32.2. The molecule has 5 rings (SSSR count). The number of benzene rings is 3. The van der Waals surface area contributed by atoms with Gasteiger partial charge in [0, 0.05) is 39.0 Å². The van der Waals surface area contributed by atoms with Crippen LogP contribution in [0.1, 0.15) is 43.9 Å². The van der Waals surface area contributed by atoms with Crippen LogP contribution in [0, 0.1) is 5.41 Å². The lowest BCUT2D eigenvalue weighted by Gasteiger charge is -2.40. The molecular weight excluding hydrogens is 496 g/mol. The van der Waals surface area contributed by atoms with Crippen molar-refractivity contribution in [2.24, 2.45) is 9.81 Å². The average Bonchev–Trinajstić information content (AvgIpc) is 2.89. The first-order chi connectivity index (χ1) is 18.2. The monoisotopic (exact) mass is 530 g/mol. The van der Waals surface area contributed by atoms with Gasteiger partial charge in [-0.15, -0.1) is 4.40 Å². The Bertz CT molecular complexity index is 1370. The Kier molecular flexibility index (Phi) is 7.36. The number of hydrogen-bond donors (Lipinski definition) is 1. The molecular formula is C30H34N4O3S. The van der Waals surface area contributed by atoms with Crippen LogP contribution >= 0.6 is 0 Å². The van der Waals surface area contributed by atoms with E-state index < -0.39 is 15.4 Å². The van der Waals surface area contributed by atoms with E-state index in [1.165, 1.54) is 11.1 Å². The molecule has 198 valence electrons. The number of nitrogens with one attached hydrogen (secondary N) is 1. The molecule has 2 aliphatic heterocycles. The first-order valence-corrected chi connectivity index (χ1v) is 14.5. The molecule has 0 bridgehead atoms. The topological polar surface area (TPSA) is 82.1 Å². The summed E-state index contributed by atoms with van der Waals surface area (Å²) in [6.07, 6.45) is 0.673. The van der Waals surface area contributed by atoms with Crippen molar-refractivity contribution in [3.8, 4) is 0 Å². The largest absolute Gasteiger partial charge is 0.342 e. The lowest BCUT2D eigenvalue weighted by molar-refractivity contribution is -0.135. The molecule has 0 spiro atoms. The minimum atomic E-state index is -3.75. The maximum atomic E-state index is 13.3. The van der Waals surface area contributed by atoms with Crippen LogP contribution in [0.5, 0.6) is 0 Å². The molecule has 0 radical (unpaired) electrons. The van der Waals surface area contributed by atoms with Crippen molar-refractivity contribution in [2.75, 3.05) is 31.5 Å². The second-order valence-corrected chi connectivity index (χ2v) is 12.4. The standard InChI is InChI=1S/C30H34N4O3S/c1-30(2,21-27-31-25-15-9-10-16-26(25)38(36,37)32-27)22-28(35)33-17-19-34(20-18-33)29(23-11-5-3-6-12-23)24-13-7-4-8-14-24/h3-16,29H,17-22H2,1-2H3,(H,31,32). The fraction of sp³-hybridized carbons (Fsp3) is 0.333. The van der Waals surface area contributed by atoms with E-state index in [0.29, 0.717) is 37.5 Å². The van der Waals surface area contributed by atoms with Crippen molar-refractivity contribution in [1.82, 2.24) is 9.80 Å². The zero-order valence-corrected chi connectivity index (χ0v) is 22.7. The zero-order valence-electron chi connectivity index (χ0n) is 21.9. The molecule has 1 amide bonds. The minimum Gasteiger partial charge on any atom is -0.342 e. The van der Waals surface area contributed by atoms with E-state index in [4.69, 9.17) is 0 Å². The predicted molar refractivity (Wildman–Crippen MR) is 151 cm³/mol. The number of nitrogens with zero attached hydrogens (tertiary/aromatic N) is 3. The van der Waals surface area contributed by atoms with Crippen molar-refractivity contribution in [2.45, 2.75) is 37.6 Å². The minimum absolute atomic E-state index is 0.0882. The van der Waals surface area contributed by atoms with Gasteiger partial charge in [-0.25, -0.2) is 0 Å².